The Balaban J connectivity index is 2.38. The molecule has 4 heteroatoms. The van der Waals surface area contributed by atoms with Gasteiger partial charge in [0.05, 0.1) is 12.1 Å². The molecule has 1 amide bonds. The number of aliphatic hydroxyl groups excluding tert-OH is 1. The van der Waals surface area contributed by atoms with Crippen molar-refractivity contribution in [2.24, 2.45) is 11.7 Å². The van der Waals surface area contributed by atoms with Crippen LogP contribution in [0.3, 0.4) is 0 Å². The van der Waals surface area contributed by atoms with E-state index in [9.17, 15) is 9.90 Å². The van der Waals surface area contributed by atoms with Gasteiger partial charge in [0.2, 0.25) is 5.91 Å². The summed E-state index contributed by atoms with van der Waals surface area (Å²) in [6, 6.07) is -0.340. The van der Waals surface area contributed by atoms with Crippen LogP contribution in [0.1, 0.15) is 39.5 Å². The van der Waals surface area contributed by atoms with Gasteiger partial charge in [-0.05, 0) is 32.1 Å². The topological polar surface area (TPSA) is 66.6 Å². The van der Waals surface area contributed by atoms with Gasteiger partial charge < -0.3 is 15.7 Å². The van der Waals surface area contributed by atoms with Crippen LogP contribution < -0.4 is 5.73 Å². The van der Waals surface area contributed by atoms with Crippen LogP contribution in [0.15, 0.2) is 0 Å². The molecule has 0 aromatic rings. The lowest BCUT2D eigenvalue weighted by Crippen LogP contribution is -2.48. The first-order valence-electron chi connectivity index (χ1n) is 6.28. The van der Waals surface area contributed by atoms with Gasteiger partial charge in [0, 0.05) is 13.1 Å². The molecule has 2 atom stereocenters. The summed E-state index contributed by atoms with van der Waals surface area (Å²) in [5.74, 6) is 0.414. The minimum absolute atomic E-state index is 0.0749. The fourth-order valence-corrected chi connectivity index (χ4v) is 2.27. The molecular weight excluding hydrogens is 204 g/mol. The fourth-order valence-electron chi connectivity index (χ4n) is 2.27. The third-order valence-electron chi connectivity index (χ3n) is 3.45. The lowest BCUT2D eigenvalue weighted by molar-refractivity contribution is -0.134. The molecule has 1 fully saturated rings. The quantitative estimate of drug-likeness (QED) is 0.745. The second kappa shape index (κ2) is 6.21. The summed E-state index contributed by atoms with van der Waals surface area (Å²) >= 11 is 0. The molecule has 0 aliphatic carbocycles. The molecule has 16 heavy (non-hydrogen) atoms. The molecule has 94 valence electrons. The lowest BCUT2D eigenvalue weighted by atomic mass is 9.92. The van der Waals surface area contributed by atoms with Crippen LogP contribution in [0, 0.1) is 5.92 Å². The number of likely N-dealkylation sites (tertiary alicyclic amines) is 1. The van der Waals surface area contributed by atoms with E-state index >= 15 is 0 Å². The normalized spacial score (nSPS) is 21.9. The summed E-state index contributed by atoms with van der Waals surface area (Å²) in [6.07, 6.45) is 3.22. The van der Waals surface area contributed by atoms with Gasteiger partial charge in [0.25, 0.3) is 0 Å². The van der Waals surface area contributed by atoms with Crippen molar-refractivity contribution in [1.82, 2.24) is 4.90 Å². The highest BCUT2D eigenvalue weighted by Gasteiger charge is 2.27. The standard InChI is InChI=1S/C12H24N2O2/c1-3-4-11(13)12(16)14-7-5-10(6-8-14)9(2)15/h9-11,15H,3-8,13H2,1-2H3. The zero-order valence-corrected chi connectivity index (χ0v) is 10.4. The van der Waals surface area contributed by atoms with Crippen LogP contribution in [0.5, 0.6) is 0 Å². The summed E-state index contributed by atoms with van der Waals surface area (Å²) in [6.45, 7) is 5.34. The number of hydrogen-bond acceptors (Lipinski definition) is 3. The van der Waals surface area contributed by atoms with E-state index in [0.29, 0.717) is 5.92 Å². The van der Waals surface area contributed by atoms with E-state index in [-0.39, 0.29) is 18.1 Å². The third kappa shape index (κ3) is 3.46. The molecule has 1 rings (SSSR count). The van der Waals surface area contributed by atoms with Gasteiger partial charge >= 0.3 is 0 Å². The van der Waals surface area contributed by atoms with E-state index in [1.807, 2.05) is 18.7 Å². The summed E-state index contributed by atoms with van der Waals surface area (Å²) in [5, 5.41) is 9.47. The van der Waals surface area contributed by atoms with Gasteiger partial charge in [-0.3, -0.25) is 4.79 Å². The Kier molecular flexibility index (Phi) is 5.22. The van der Waals surface area contributed by atoms with Crippen molar-refractivity contribution in [1.29, 1.82) is 0 Å². The maximum Gasteiger partial charge on any atom is 0.239 e. The summed E-state index contributed by atoms with van der Waals surface area (Å²) in [7, 11) is 0. The molecule has 4 nitrogen and oxygen atoms in total. The Labute approximate surface area is 97.8 Å². The average Bonchev–Trinajstić information content (AvgIpc) is 2.28. The molecule has 0 radical (unpaired) electrons. The largest absolute Gasteiger partial charge is 0.393 e. The van der Waals surface area contributed by atoms with Crippen molar-refractivity contribution in [3.05, 3.63) is 0 Å². The molecule has 2 unspecified atom stereocenters. The molecule has 0 bridgehead atoms. The molecule has 0 spiro atoms. The van der Waals surface area contributed by atoms with Gasteiger partial charge in [-0.1, -0.05) is 13.3 Å². The van der Waals surface area contributed by atoms with E-state index in [1.165, 1.54) is 0 Å². The summed E-state index contributed by atoms with van der Waals surface area (Å²) < 4.78 is 0. The van der Waals surface area contributed by atoms with E-state index in [4.69, 9.17) is 5.73 Å². The van der Waals surface area contributed by atoms with Crippen molar-refractivity contribution in [3.8, 4) is 0 Å². The maximum absolute atomic E-state index is 11.9. The molecule has 0 saturated carbocycles. The number of aliphatic hydroxyl groups is 1. The van der Waals surface area contributed by atoms with E-state index < -0.39 is 0 Å². The van der Waals surface area contributed by atoms with Crippen molar-refractivity contribution in [2.75, 3.05) is 13.1 Å². The monoisotopic (exact) mass is 228 g/mol. The van der Waals surface area contributed by atoms with Crippen LogP contribution in [0.4, 0.5) is 0 Å². The van der Waals surface area contributed by atoms with Crippen LogP contribution in [-0.4, -0.2) is 41.1 Å². The van der Waals surface area contributed by atoms with Crippen molar-refractivity contribution in [3.63, 3.8) is 0 Å². The number of carbonyl (C=O) groups excluding carboxylic acids is 1. The highest BCUT2D eigenvalue weighted by atomic mass is 16.3. The minimum atomic E-state index is -0.340. The van der Waals surface area contributed by atoms with Gasteiger partial charge in [0.15, 0.2) is 0 Å². The Bertz CT molecular complexity index is 223. The van der Waals surface area contributed by atoms with Crippen LogP contribution in [0.2, 0.25) is 0 Å². The van der Waals surface area contributed by atoms with Gasteiger partial charge in [-0.25, -0.2) is 0 Å². The van der Waals surface area contributed by atoms with Crippen LogP contribution in [0.25, 0.3) is 0 Å². The van der Waals surface area contributed by atoms with Crippen molar-refractivity contribution < 1.29 is 9.90 Å². The molecule has 1 heterocycles. The summed E-state index contributed by atoms with van der Waals surface area (Å²) in [4.78, 5) is 13.7. The second-order valence-corrected chi connectivity index (χ2v) is 4.80. The number of nitrogens with two attached hydrogens (primary N) is 1. The number of hydrogen-bond donors (Lipinski definition) is 2. The molecule has 1 aliphatic heterocycles. The second-order valence-electron chi connectivity index (χ2n) is 4.80. The molecule has 3 N–H and O–H groups in total. The Morgan fingerprint density at radius 2 is 2.06 bits per heavy atom. The molecule has 0 aromatic heterocycles. The number of piperidine rings is 1. The average molecular weight is 228 g/mol. The predicted octanol–water partition coefficient (Wildman–Crippen LogP) is 0.733. The van der Waals surface area contributed by atoms with Crippen LogP contribution >= 0.6 is 0 Å². The molecule has 1 aliphatic rings. The first-order valence-corrected chi connectivity index (χ1v) is 6.28. The number of carbonyl (C=O) groups is 1. The Morgan fingerprint density at radius 1 is 1.50 bits per heavy atom. The lowest BCUT2D eigenvalue weighted by Gasteiger charge is -2.34. The van der Waals surface area contributed by atoms with Crippen molar-refractivity contribution >= 4 is 5.91 Å². The number of amides is 1. The molecular formula is C12H24N2O2. The van der Waals surface area contributed by atoms with Crippen LogP contribution in [-0.2, 0) is 4.79 Å². The maximum atomic E-state index is 11.9. The molecule has 0 aromatic carbocycles. The van der Waals surface area contributed by atoms with Gasteiger partial charge in [-0.15, -0.1) is 0 Å². The zero-order valence-electron chi connectivity index (χ0n) is 10.4. The summed E-state index contributed by atoms with van der Waals surface area (Å²) in [5.41, 5.74) is 5.81. The highest BCUT2D eigenvalue weighted by molar-refractivity contribution is 5.81. The highest BCUT2D eigenvalue weighted by Crippen LogP contribution is 2.21. The smallest absolute Gasteiger partial charge is 0.239 e. The third-order valence-corrected chi connectivity index (χ3v) is 3.45. The zero-order chi connectivity index (χ0) is 12.1. The number of nitrogens with zero attached hydrogens (tertiary/aromatic N) is 1. The van der Waals surface area contributed by atoms with E-state index in [0.717, 1.165) is 38.8 Å². The van der Waals surface area contributed by atoms with Gasteiger partial charge in [-0.2, -0.15) is 0 Å². The molecule has 1 saturated heterocycles. The van der Waals surface area contributed by atoms with Crippen molar-refractivity contribution in [2.45, 2.75) is 51.7 Å². The first-order chi connectivity index (χ1) is 7.56. The Hall–Kier alpha value is -0.610. The first kappa shape index (κ1) is 13.5. The SMILES string of the molecule is CCCC(N)C(=O)N1CCC(C(C)O)CC1. The minimum Gasteiger partial charge on any atom is -0.393 e. The fraction of sp³-hybridized carbons (Fsp3) is 0.917. The van der Waals surface area contributed by atoms with E-state index in [2.05, 4.69) is 0 Å². The number of rotatable bonds is 4. The van der Waals surface area contributed by atoms with Gasteiger partial charge in [0.1, 0.15) is 0 Å². The Morgan fingerprint density at radius 3 is 2.50 bits per heavy atom. The predicted molar refractivity (Wildman–Crippen MR) is 63.9 cm³/mol. The van der Waals surface area contributed by atoms with E-state index in [1.54, 1.807) is 0 Å².